The number of hydrogen-bond donors (Lipinski definition) is 2. The number of carbonyl (C=O) groups excluding carboxylic acids is 1. The second-order valence-electron chi connectivity index (χ2n) is 5.72. The number of nitrogens with one attached hydrogen (secondary N) is 2. The van der Waals surface area contributed by atoms with E-state index in [1.165, 1.54) is 0 Å². The zero-order valence-electron chi connectivity index (χ0n) is 13.4. The molecule has 0 saturated heterocycles. The maximum absolute atomic E-state index is 12.0. The van der Waals surface area contributed by atoms with Crippen molar-refractivity contribution in [1.82, 2.24) is 15.5 Å². The first-order valence-electron chi connectivity index (χ1n) is 7.79. The molecule has 1 aliphatic heterocycles. The molecule has 3 rings (SSSR count). The second kappa shape index (κ2) is 6.73. The maximum atomic E-state index is 12.0. The van der Waals surface area contributed by atoms with Gasteiger partial charge in [0, 0.05) is 18.5 Å². The third kappa shape index (κ3) is 3.64. The number of rotatable bonds is 5. The van der Waals surface area contributed by atoms with Crippen molar-refractivity contribution in [3.63, 3.8) is 0 Å². The van der Waals surface area contributed by atoms with Crippen molar-refractivity contribution in [2.24, 2.45) is 0 Å². The molecule has 1 unspecified atom stereocenters. The van der Waals surface area contributed by atoms with Gasteiger partial charge >= 0.3 is 0 Å². The first kappa shape index (κ1) is 15.4. The Morgan fingerprint density at radius 1 is 1.35 bits per heavy atom. The van der Waals surface area contributed by atoms with Gasteiger partial charge in [-0.1, -0.05) is 12.1 Å². The van der Waals surface area contributed by atoms with Crippen LogP contribution in [0.25, 0.3) is 0 Å². The number of aromatic nitrogens is 2. The van der Waals surface area contributed by atoms with Crippen molar-refractivity contribution in [1.29, 1.82) is 0 Å². The summed E-state index contributed by atoms with van der Waals surface area (Å²) in [6, 6.07) is 7.55. The normalized spacial score (nSPS) is 16.2. The predicted molar refractivity (Wildman–Crippen MR) is 85.7 cm³/mol. The number of hydrogen-bond acceptors (Lipinski definition) is 4. The summed E-state index contributed by atoms with van der Waals surface area (Å²) in [5.74, 6) is 1.47. The summed E-state index contributed by atoms with van der Waals surface area (Å²) in [6.45, 7) is 4.86. The molecule has 0 aliphatic carbocycles. The lowest BCUT2D eigenvalue weighted by molar-refractivity contribution is -0.121. The van der Waals surface area contributed by atoms with E-state index in [4.69, 9.17) is 9.47 Å². The average Bonchev–Trinajstić information content (AvgIpc) is 2.89. The zero-order valence-corrected chi connectivity index (χ0v) is 13.4. The zero-order chi connectivity index (χ0) is 16.2. The van der Waals surface area contributed by atoms with Crippen molar-refractivity contribution in [3.8, 4) is 11.5 Å². The monoisotopic (exact) mass is 315 g/mol. The van der Waals surface area contributed by atoms with Gasteiger partial charge in [0.1, 0.15) is 12.7 Å². The predicted octanol–water partition coefficient (Wildman–Crippen LogP) is 1.92. The second-order valence-corrected chi connectivity index (χ2v) is 5.72. The van der Waals surface area contributed by atoms with Crippen LogP contribution in [-0.4, -0.2) is 35.4 Å². The quantitative estimate of drug-likeness (QED) is 0.884. The summed E-state index contributed by atoms with van der Waals surface area (Å²) in [5.41, 5.74) is 3.12. The number of nitrogens with zero attached hydrogens (tertiary/aromatic N) is 1. The van der Waals surface area contributed by atoms with E-state index in [1.807, 2.05) is 38.1 Å². The van der Waals surface area contributed by atoms with Gasteiger partial charge in [-0.2, -0.15) is 5.10 Å². The number of aromatic amines is 1. The summed E-state index contributed by atoms with van der Waals surface area (Å²) in [4.78, 5) is 12.0. The minimum atomic E-state index is -0.164. The van der Waals surface area contributed by atoms with Crippen molar-refractivity contribution in [2.45, 2.75) is 32.8 Å². The van der Waals surface area contributed by atoms with Gasteiger partial charge in [-0.15, -0.1) is 0 Å². The summed E-state index contributed by atoms with van der Waals surface area (Å²) < 4.78 is 11.4. The van der Waals surface area contributed by atoms with E-state index in [2.05, 4.69) is 15.5 Å². The van der Waals surface area contributed by atoms with Crippen LogP contribution in [0.4, 0.5) is 0 Å². The molecule has 1 aromatic carbocycles. The molecule has 6 nitrogen and oxygen atoms in total. The number of fused-ring (bicyclic) bond motifs is 1. The lowest BCUT2D eigenvalue weighted by Crippen LogP contribution is -2.40. The van der Waals surface area contributed by atoms with Crippen LogP contribution < -0.4 is 14.8 Å². The Balaban J connectivity index is 1.44. The van der Waals surface area contributed by atoms with Gasteiger partial charge in [-0.3, -0.25) is 9.89 Å². The van der Waals surface area contributed by atoms with Crippen LogP contribution in [0.15, 0.2) is 24.3 Å². The minimum absolute atomic E-state index is 0.00693. The molecule has 23 heavy (non-hydrogen) atoms. The van der Waals surface area contributed by atoms with Gasteiger partial charge in [0.25, 0.3) is 0 Å². The molecule has 0 bridgehead atoms. The van der Waals surface area contributed by atoms with E-state index in [-0.39, 0.29) is 12.0 Å². The van der Waals surface area contributed by atoms with Crippen LogP contribution in [0.3, 0.4) is 0 Å². The average molecular weight is 315 g/mol. The molecule has 0 radical (unpaired) electrons. The molecule has 0 fully saturated rings. The summed E-state index contributed by atoms with van der Waals surface area (Å²) in [7, 11) is 0. The lowest BCUT2D eigenvalue weighted by Gasteiger charge is -2.26. The van der Waals surface area contributed by atoms with Gasteiger partial charge in [-0.25, -0.2) is 0 Å². The van der Waals surface area contributed by atoms with Crippen molar-refractivity contribution in [2.75, 3.05) is 13.2 Å². The van der Waals surface area contributed by atoms with E-state index >= 15 is 0 Å². The minimum Gasteiger partial charge on any atom is -0.486 e. The molecular formula is C17H21N3O3. The van der Waals surface area contributed by atoms with Crippen molar-refractivity contribution < 1.29 is 14.3 Å². The molecule has 1 amide bonds. The Morgan fingerprint density at radius 2 is 2.13 bits per heavy atom. The molecule has 2 aromatic rings. The van der Waals surface area contributed by atoms with E-state index in [0.29, 0.717) is 26.0 Å². The molecule has 1 atom stereocenters. The fourth-order valence-electron chi connectivity index (χ4n) is 2.49. The number of ether oxygens (including phenoxy) is 2. The van der Waals surface area contributed by atoms with Crippen LogP contribution >= 0.6 is 0 Å². The van der Waals surface area contributed by atoms with E-state index < -0.39 is 0 Å². The fourth-order valence-corrected chi connectivity index (χ4v) is 2.49. The summed E-state index contributed by atoms with van der Waals surface area (Å²) in [6.07, 6.45) is 0.880. The van der Waals surface area contributed by atoms with E-state index in [0.717, 1.165) is 28.5 Å². The Bertz CT molecular complexity index is 696. The highest BCUT2D eigenvalue weighted by atomic mass is 16.6. The highest BCUT2D eigenvalue weighted by Gasteiger charge is 2.21. The van der Waals surface area contributed by atoms with Crippen LogP contribution in [-0.2, 0) is 11.2 Å². The van der Waals surface area contributed by atoms with Gasteiger partial charge in [0.05, 0.1) is 12.2 Å². The number of para-hydroxylation sites is 2. The third-order valence-corrected chi connectivity index (χ3v) is 4.04. The largest absolute Gasteiger partial charge is 0.486 e. The van der Waals surface area contributed by atoms with Crippen LogP contribution in [0.1, 0.15) is 23.4 Å². The highest BCUT2D eigenvalue weighted by Crippen LogP contribution is 2.30. The first-order chi connectivity index (χ1) is 11.1. The molecule has 0 spiro atoms. The van der Waals surface area contributed by atoms with E-state index in [1.54, 1.807) is 0 Å². The number of H-pyrrole nitrogens is 1. The topological polar surface area (TPSA) is 76.2 Å². The standard InChI is InChI=1S/C17H21N3O3/c1-11-12(2)19-20-14(11)7-8-17(21)18-9-13-10-22-15-5-3-4-6-16(15)23-13/h3-6,13H,7-10H2,1-2H3,(H,18,21)(H,19,20). The SMILES string of the molecule is Cc1[nH]nc(CCC(=O)NCC2COc3ccccc3O2)c1C. The Hall–Kier alpha value is -2.50. The molecular weight excluding hydrogens is 294 g/mol. The number of benzene rings is 1. The fraction of sp³-hybridized carbons (Fsp3) is 0.412. The van der Waals surface area contributed by atoms with E-state index in [9.17, 15) is 4.79 Å². The van der Waals surface area contributed by atoms with Crippen molar-refractivity contribution >= 4 is 5.91 Å². The highest BCUT2D eigenvalue weighted by molar-refractivity contribution is 5.76. The summed E-state index contributed by atoms with van der Waals surface area (Å²) >= 11 is 0. The van der Waals surface area contributed by atoms with Crippen molar-refractivity contribution in [3.05, 3.63) is 41.2 Å². The smallest absolute Gasteiger partial charge is 0.220 e. The van der Waals surface area contributed by atoms with Crippen LogP contribution in [0, 0.1) is 13.8 Å². The van der Waals surface area contributed by atoms with Gasteiger partial charge in [-0.05, 0) is 31.5 Å². The third-order valence-electron chi connectivity index (χ3n) is 4.04. The summed E-state index contributed by atoms with van der Waals surface area (Å²) in [5, 5.41) is 10.0. The number of aryl methyl sites for hydroxylation is 2. The van der Waals surface area contributed by atoms with Gasteiger partial charge < -0.3 is 14.8 Å². The molecule has 0 saturated carbocycles. The molecule has 1 aromatic heterocycles. The Morgan fingerprint density at radius 3 is 2.87 bits per heavy atom. The number of carbonyl (C=O) groups is 1. The molecule has 1 aliphatic rings. The molecule has 2 heterocycles. The van der Waals surface area contributed by atoms with Crippen LogP contribution in [0.2, 0.25) is 0 Å². The Kier molecular flexibility index (Phi) is 4.50. The first-order valence-corrected chi connectivity index (χ1v) is 7.79. The number of amides is 1. The van der Waals surface area contributed by atoms with Gasteiger partial charge in [0.2, 0.25) is 5.91 Å². The maximum Gasteiger partial charge on any atom is 0.220 e. The Labute approximate surface area is 135 Å². The lowest BCUT2D eigenvalue weighted by atomic mass is 10.1. The van der Waals surface area contributed by atoms with Crippen LogP contribution in [0.5, 0.6) is 11.5 Å². The molecule has 122 valence electrons. The molecule has 2 N–H and O–H groups in total. The van der Waals surface area contributed by atoms with Gasteiger partial charge in [0.15, 0.2) is 11.5 Å². The molecule has 6 heteroatoms.